The highest BCUT2D eigenvalue weighted by molar-refractivity contribution is 9.09. The van der Waals surface area contributed by atoms with E-state index >= 15 is 0 Å². The lowest BCUT2D eigenvalue weighted by Crippen LogP contribution is -2.40. The zero-order valence-electron chi connectivity index (χ0n) is 12.0. The standard InChI is InChI=1S/C16H22BrNO2/c1-13-4-2-6-15(10-13)20-9-7-16(19)18-8-3-5-14(11-17)12-18/h2,4,6,10,14H,3,5,7-9,11-12H2,1H3. The Balaban J connectivity index is 1.75. The number of hydrogen-bond acceptors (Lipinski definition) is 2. The number of piperidine rings is 1. The van der Waals surface area contributed by atoms with Crippen molar-refractivity contribution in [2.24, 2.45) is 5.92 Å². The van der Waals surface area contributed by atoms with E-state index in [9.17, 15) is 4.79 Å². The average molecular weight is 340 g/mol. The second-order valence-electron chi connectivity index (χ2n) is 5.42. The number of carbonyl (C=O) groups excluding carboxylic acids is 1. The van der Waals surface area contributed by atoms with E-state index in [-0.39, 0.29) is 5.91 Å². The van der Waals surface area contributed by atoms with Crippen molar-refractivity contribution >= 4 is 21.8 Å². The molecule has 1 aliphatic heterocycles. The van der Waals surface area contributed by atoms with Gasteiger partial charge in [0.05, 0.1) is 13.0 Å². The first-order valence-corrected chi connectivity index (χ1v) is 8.34. The molecule has 0 spiro atoms. The molecular weight excluding hydrogens is 318 g/mol. The van der Waals surface area contributed by atoms with Crippen LogP contribution in [0.5, 0.6) is 5.75 Å². The fraction of sp³-hybridized carbons (Fsp3) is 0.562. The largest absolute Gasteiger partial charge is 0.493 e. The van der Waals surface area contributed by atoms with Crippen LogP contribution in [0.25, 0.3) is 0 Å². The van der Waals surface area contributed by atoms with E-state index in [0.29, 0.717) is 18.9 Å². The van der Waals surface area contributed by atoms with Crippen LogP contribution in [-0.4, -0.2) is 35.8 Å². The van der Waals surface area contributed by atoms with Gasteiger partial charge in [-0.1, -0.05) is 28.1 Å². The summed E-state index contributed by atoms with van der Waals surface area (Å²) < 4.78 is 5.64. The molecule has 4 heteroatoms. The minimum atomic E-state index is 0.211. The highest BCUT2D eigenvalue weighted by Crippen LogP contribution is 2.19. The number of alkyl halides is 1. The van der Waals surface area contributed by atoms with Crippen LogP contribution in [-0.2, 0) is 4.79 Å². The van der Waals surface area contributed by atoms with Crippen LogP contribution in [0.3, 0.4) is 0 Å². The monoisotopic (exact) mass is 339 g/mol. The van der Waals surface area contributed by atoms with E-state index in [1.54, 1.807) is 0 Å². The Bertz CT molecular complexity index is 450. The Morgan fingerprint density at radius 1 is 1.50 bits per heavy atom. The number of rotatable bonds is 5. The molecule has 20 heavy (non-hydrogen) atoms. The number of benzene rings is 1. The molecule has 1 heterocycles. The molecule has 1 fully saturated rings. The van der Waals surface area contributed by atoms with Gasteiger partial charge in [0.2, 0.25) is 5.91 Å². The maximum atomic E-state index is 12.1. The van der Waals surface area contributed by atoms with E-state index in [0.717, 1.165) is 30.6 Å². The third kappa shape index (κ3) is 4.51. The van der Waals surface area contributed by atoms with Crippen molar-refractivity contribution in [3.8, 4) is 5.75 Å². The lowest BCUT2D eigenvalue weighted by Gasteiger charge is -2.32. The quantitative estimate of drug-likeness (QED) is 0.769. The molecule has 1 aromatic rings. The van der Waals surface area contributed by atoms with Gasteiger partial charge in [-0.25, -0.2) is 0 Å². The number of likely N-dealkylation sites (tertiary alicyclic amines) is 1. The number of aryl methyl sites for hydroxylation is 1. The molecule has 1 saturated heterocycles. The Kier molecular flexibility index (Phi) is 5.89. The zero-order chi connectivity index (χ0) is 14.4. The van der Waals surface area contributed by atoms with Crippen molar-refractivity contribution in [2.75, 3.05) is 25.0 Å². The lowest BCUT2D eigenvalue weighted by atomic mass is 10.00. The van der Waals surface area contributed by atoms with E-state index in [1.807, 2.05) is 36.1 Å². The molecule has 2 rings (SSSR count). The minimum Gasteiger partial charge on any atom is -0.493 e. The zero-order valence-corrected chi connectivity index (χ0v) is 13.6. The van der Waals surface area contributed by atoms with Crippen LogP contribution in [0.15, 0.2) is 24.3 Å². The summed E-state index contributed by atoms with van der Waals surface area (Å²) in [5, 5.41) is 0.983. The summed E-state index contributed by atoms with van der Waals surface area (Å²) in [5.74, 6) is 1.66. The molecule has 3 nitrogen and oxygen atoms in total. The van der Waals surface area contributed by atoms with Crippen molar-refractivity contribution in [2.45, 2.75) is 26.2 Å². The Labute approximate surface area is 129 Å². The van der Waals surface area contributed by atoms with Crippen molar-refractivity contribution in [1.29, 1.82) is 0 Å². The molecule has 0 aromatic heterocycles. The van der Waals surface area contributed by atoms with Crippen molar-refractivity contribution in [1.82, 2.24) is 4.90 Å². The Hall–Kier alpha value is -1.03. The molecule has 1 unspecified atom stereocenters. The Morgan fingerprint density at radius 2 is 2.35 bits per heavy atom. The topological polar surface area (TPSA) is 29.5 Å². The molecular formula is C16H22BrNO2. The molecule has 1 atom stereocenters. The highest BCUT2D eigenvalue weighted by atomic mass is 79.9. The first-order chi connectivity index (χ1) is 9.69. The van der Waals surface area contributed by atoms with Crippen LogP contribution >= 0.6 is 15.9 Å². The number of amides is 1. The normalized spacial score (nSPS) is 18.9. The van der Waals surface area contributed by atoms with E-state index < -0.39 is 0 Å². The van der Waals surface area contributed by atoms with Crippen molar-refractivity contribution < 1.29 is 9.53 Å². The Morgan fingerprint density at radius 3 is 3.10 bits per heavy atom. The summed E-state index contributed by atoms with van der Waals surface area (Å²) >= 11 is 3.51. The van der Waals surface area contributed by atoms with E-state index in [4.69, 9.17) is 4.74 Å². The second kappa shape index (κ2) is 7.67. The number of halogens is 1. The second-order valence-corrected chi connectivity index (χ2v) is 6.06. The van der Waals surface area contributed by atoms with Crippen molar-refractivity contribution in [3.05, 3.63) is 29.8 Å². The van der Waals surface area contributed by atoms with Crippen LogP contribution in [0.1, 0.15) is 24.8 Å². The number of nitrogens with zero attached hydrogens (tertiary/aromatic N) is 1. The van der Waals surface area contributed by atoms with Gasteiger partial charge < -0.3 is 9.64 Å². The molecule has 110 valence electrons. The molecule has 0 radical (unpaired) electrons. The van der Waals surface area contributed by atoms with Gasteiger partial charge in [0.15, 0.2) is 0 Å². The summed E-state index contributed by atoms with van der Waals surface area (Å²) in [6.07, 6.45) is 2.79. The number of ether oxygens (including phenoxy) is 1. The molecule has 1 aromatic carbocycles. The third-order valence-corrected chi connectivity index (χ3v) is 4.58. The van der Waals surface area contributed by atoms with Crippen LogP contribution in [0, 0.1) is 12.8 Å². The predicted molar refractivity (Wildman–Crippen MR) is 84.4 cm³/mol. The molecule has 0 bridgehead atoms. The summed E-state index contributed by atoms with van der Waals surface area (Å²) in [7, 11) is 0. The SMILES string of the molecule is Cc1cccc(OCCC(=O)N2CCCC(CBr)C2)c1. The predicted octanol–water partition coefficient (Wildman–Crippen LogP) is 3.40. The van der Waals surface area contributed by atoms with E-state index in [1.165, 1.54) is 12.0 Å². The highest BCUT2D eigenvalue weighted by Gasteiger charge is 2.22. The third-order valence-electron chi connectivity index (χ3n) is 3.66. The van der Waals surface area contributed by atoms with E-state index in [2.05, 4.69) is 15.9 Å². The molecule has 1 aliphatic rings. The maximum Gasteiger partial charge on any atom is 0.226 e. The first kappa shape index (κ1) is 15.4. The molecule has 0 N–H and O–H groups in total. The molecule has 0 aliphatic carbocycles. The van der Waals surface area contributed by atoms with Gasteiger partial charge in [0, 0.05) is 18.4 Å². The average Bonchev–Trinajstić information content (AvgIpc) is 2.47. The fourth-order valence-electron chi connectivity index (χ4n) is 2.54. The fourth-order valence-corrected chi connectivity index (χ4v) is 3.07. The number of carbonyl (C=O) groups is 1. The van der Waals surface area contributed by atoms with Gasteiger partial charge in [-0.05, 0) is 43.4 Å². The molecule has 0 saturated carbocycles. The van der Waals surface area contributed by atoms with Gasteiger partial charge in [0.1, 0.15) is 5.75 Å². The summed E-state index contributed by atoms with van der Waals surface area (Å²) in [5.41, 5.74) is 1.17. The van der Waals surface area contributed by atoms with Gasteiger partial charge in [-0.2, -0.15) is 0 Å². The van der Waals surface area contributed by atoms with Gasteiger partial charge in [0.25, 0.3) is 0 Å². The first-order valence-electron chi connectivity index (χ1n) is 7.22. The summed E-state index contributed by atoms with van der Waals surface area (Å²) in [4.78, 5) is 14.1. The minimum absolute atomic E-state index is 0.211. The van der Waals surface area contributed by atoms with Crippen LogP contribution in [0.4, 0.5) is 0 Å². The summed E-state index contributed by atoms with van der Waals surface area (Å²) in [6.45, 7) is 4.27. The van der Waals surface area contributed by atoms with Crippen LogP contribution < -0.4 is 4.74 Å². The number of hydrogen-bond donors (Lipinski definition) is 0. The smallest absolute Gasteiger partial charge is 0.226 e. The van der Waals surface area contributed by atoms with Gasteiger partial charge in [-0.3, -0.25) is 4.79 Å². The van der Waals surface area contributed by atoms with Gasteiger partial charge >= 0.3 is 0 Å². The molecule has 1 amide bonds. The van der Waals surface area contributed by atoms with Gasteiger partial charge in [-0.15, -0.1) is 0 Å². The lowest BCUT2D eigenvalue weighted by molar-refractivity contribution is -0.133. The summed E-state index contributed by atoms with van der Waals surface area (Å²) in [6, 6.07) is 7.93. The maximum absolute atomic E-state index is 12.1. The van der Waals surface area contributed by atoms with Crippen LogP contribution in [0.2, 0.25) is 0 Å². The van der Waals surface area contributed by atoms with Crippen molar-refractivity contribution in [3.63, 3.8) is 0 Å².